The largest absolute Gasteiger partial charge is 2.00 e. The summed E-state index contributed by atoms with van der Waals surface area (Å²) in [7, 11) is -4.67. The molecule has 0 saturated heterocycles. The summed E-state index contributed by atoms with van der Waals surface area (Å²) in [6, 6.07) is 0. The van der Waals surface area contributed by atoms with Crippen LogP contribution in [-0.2, 0) is 10.4 Å². The van der Waals surface area contributed by atoms with E-state index in [1.165, 1.54) is 0 Å². The van der Waals surface area contributed by atoms with Gasteiger partial charge >= 0.3 is 33.5 Å². The maximum atomic E-state index is 8.74. The third-order valence-corrected chi connectivity index (χ3v) is 0. The van der Waals surface area contributed by atoms with Crippen molar-refractivity contribution in [2.24, 2.45) is 0 Å². The van der Waals surface area contributed by atoms with Crippen molar-refractivity contribution in [1.29, 1.82) is 0 Å². The molecule has 4 nitrogen and oxygen atoms in total. The van der Waals surface area contributed by atoms with Gasteiger partial charge in [-0.3, -0.25) is 9.11 Å². The Morgan fingerprint density at radius 2 is 1.25 bits per heavy atom. The van der Waals surface area contributed by atoms with Gasteiger partial charge in [0, 0.05) is 0 Å². The monoisotopic (exact) mass is 190 g/mol. The van der Waals surface area contributed by atoms with Gasteiger partial charge in [0.1, 0.15) is 0 Å². The molecule has 0 bridgehead atoms. The smallest absolute Gasteiger partial charge is 1.00 e. The Balaban J connectivity index is -0.0000000154. The molecule has 8 heteroatoms. The first-order chi connectivity index (χ1) is 3.00. The second-order valence-electron chi connectivity index (χ2n) is 0.448. The van der Waals surface area contributed by atoms with Crippen LogP contribution in [0.1, 0.15) is 2.85 Å². The van der Waals surface area contributed by atoms with Gasteiger partial charge in [-0.2, -0.15) is 8.42 Å². The first kappa shape index (κ1) is 16.2. The van der Waals surface area contributed by atoms with Crippen LogP contribution in [0.15, 0.2) is 0 Å². The molecule has 8 heavy (non-hydrogen) atoms. The Morgan fingerprint density at radius 3 is 1.25 bits per heavy atom. The van der Waals surface area contributed by atoms with Gasteiger partial charge in [-0.15, -0.1) is 23.3 Å². The molecule has 2 N–H and O–H groups in total. The minimum atomic E-state index is -4.67. The molecule has 0 aromatic rings. The van der Waals surface area contributed by atoms with Gasteiger partial charge in [-0.25, -0.2) is 0 Å². The molecule has 0 fully saturated rings. The molecule has 0 radical (unpaired) electrons. The van der Waals surface area contributed by atoms with Crippen LogP contribution in [0.3, 0.4) is 0 Å². The van der Waals surface area contributed by atoms with Crippen LogP contribution in [0.25, 0.3) is 0 Å². The van der Waals surface area contributed by atoms with Crippen LogP contribution in [0.2, 0.25) is 0 Å². The molecule has 0 heterocycles. The predicted octanol–water partition coefficient (Wildman–Crippen LogP) is -0.0476. The maximum absolute atomic E-state index is 8.74. The van der Waals surface area contributed by atoms with Gasteiger partial charge in [0.25, 0.3) is 0 Å². The van der Waals surface area contributed by atoms with Crippen LogP contribution in [0.5, 0.6) is 0 Å². The third-order valence-electron chi connectivity index (χ3n) is 0. The Hall–Kier alpha value is 1.34. The molecule has 0 aliphatic heterocycles. The molecule has 0 rings (SSSR count). The van der Waals surface area contributed by atoms with E-state index in [-0.39, 0.29) is 25.9 Å². The van der Waals surface area contributed by atoms with Crippen LogP contribution < -0.4 is 0 Å². The number of thiol groups is 2. The Kier molecular flexibility index (Phi) is 16.8. The summed E-state index contributed by atoms with van der Waals surface area (Å²) < 4.78 is 31.6. The zero-order valence-corrected chi connectivity index (χ0v) is 7.74. The van der Waals surface area contributed by atoms with E-state index in [4.69, 9.17) is 17.5 Å². The van der Waals surface area contributed by atoms with E-state index in [2.05, 4.69) is 23.3 Å². The number of rotatable bonds is 0. The van der Waals surface area contributed by atoms with Crippen molar-refractivity contribution in [2.75, 3.05) is 0 Å². The molecule has 0 aliphatic rings. The Bertz CT molecular complexity index is 102. The Morgan fingerprint density at radius 1 is 1.25 bits per heavy atom. The summed E-state index contributed by atoms with van der Waals surface area (Å²) in [6.45, 7) is 0. The average molecular weight is 191 g/mol. The molecular formula is H6MgO4S3. The van der Waals surface area contributed by atoms with E-state index < -0.39 is 10.4 Å². The standard InChI is InChI=1S/Mg.H2O4S.H2S2.2H/c;1-5(2,3)4;1-2;;/h;(H2,1,2,3,4);1-2H;;/q+2;;;2*-1. The van der Waals surface area contributed by atoms with Crippen molar-refractivity contribution in [3.63, 3.8) is 0 Å². The van der Waals surface area contributed by atoms with E-state index in [1.54, 1.807) is 0 Å². The van der Waals surface area contributed by atoms with Gasteiger partial charge in [0.2, 0.25) is 0 Å². The van der Waals surface area contributed by atoms with E-state index in [0.717, 1.165) is 0 Å². The van der Waals surface area contributed by atoms with E-state index in [9.17, 15) is 0 Å². The zero-order valence-electron chi connectivity index (χ0n) is 5.72. The van der Waals surface area contributed by atoms with Crippen LogP contribution >= 0.6 is 23.3 Å². The van der Waals surface area contributed by atoms with E-state index in [0.29, 0.717) is 0 Å². The normalized spacial score (nSPS) is 8.00. The first-order valence-corrected chi connectivity index (χ1v) is 3.90. The number of hydrogen-bond donors (Lipinski definition) is 4. The SMILES string of the molecule is O=S(=O)(O)O.SS.[H-].[H-].[Mg+2]. The average Bonchev–Trinajstić information content (AvgIpc) is 1.36. The van der Waals surface area contributed by atoms with Gasteiger partial charge in [0.15, 0.2) is 0 Å². The van der Waals surface area contributed by atoms with Crippen LogP contribution in [0.4, 0.5) is 0 Å². The summed E-state index contributed by atoms with van der Waals surface area (Å²) in [5.41, 5.74) is 0. The van der Waals surface area contributed by atoms with E-state index >= 15 is 0 Å². The second-order valence-corrected chi connectivity index (χ2v) is 1.34. The molecule has 0 aromatic heterocycles. The maximum Gasteiger partial charge on any atom is 2.00 e. The minimum absolute atomic E-state index is 0. The molecule has 0 unspecified atom stereocenters. The number of hydrogen-bond acceptors (Lipinski definition) is 4. The fourth-order valence-corrected chi connectivity index (χ4v) is 0. The van der Waals surface area contributed by atoms with Crippen molar-refractivity contribution < 1.29 is 20.4 Å². The van der Waals surface area contributed by atoms with Crippen LogP contribution in [-0.4, -0.2) is 40.6 Å². The molecule has 50 valence electrons. The summed E-state index contributed by atoms with van der Waals surface area (Å²) in [6.07, 6.45) is 0. The van der Waals surface area contributed by atoms with E-state index in [1.807, 2.05) is 0 Å². The molecule has 0 atom stereocenters. The fraction of sp³-hybridized carbons (Fsp3) is 0. The summed E-state index contributed by atoms with van der Waals surface area (Å²) >= 11 is 6.44. The molecular weight excluding hydrogens is 185 g/mol. The van der Waals surface area contributed by atoms with Gasteiger partial charge in [-0.1, -0.05) is 0 Å². The van der Waals surface area contributed by atoms with Gasteiger partial charge < -0.3 is 2.85 Å². The van der Waals surface area contributed by atoms with Gasteiger partial charge in [0.05, 0.1) is 0 Å². The Labute approximate surface area is 77.0 Å². The summed E-state index contributed by atoms with van der Waals surface area (Å²) in [5, 5.41) is 0. The zero-order chi connectivity index (χ0) is 6.50. The van der Waals surface area contributed by atoms with Crippen molar-refractivity contribution in [1.82, 2.24) is 0 Å². The second kappa shape index (κ2) is 8.34. The molecule has 0 aromatic carbocycles. The molecule has 0 spiro atoms. The molecule has 0 aliphatic carbocycles. The molecule has 0 saturated carbocycles. The first-order valence-electron chi connectivity index (χ1n) is 0.898. The van der Waals surface area contributed by atoms with Crippen molar-refractivity contribution in [3.05, 3.63) is 0 Å². The van der Waals surface area contributed by atoms with Crippen molar-refractivity contribution in [3.8, 4) is 0 Å². The van der Waals surface area contributed by atoms with Gasteiger partial charge in [-0.05, 0) is 0 Å². The van der Waals surface area contributed by atoms with Crippen LogP contribution in [0, 0.1) is 0 Å². The molecule has 0 amide bonds. The summed E-state index contributed by atoms with van der Waals surface area (Å²) in [4.78, 5) is 0. The summed E-state index contributed by atoms with van der Waals surface area (Å²) in [5.74, 6) is 0. The third kappa shape index (κ3) is 165. The fourth-order valence-electron chi connectivity index (χ4n) is 0. The quantitative estimate of drug-likeness (QED) is 0.187. The van der Waals surface area contributed by atoms with Crippen molar-refractivity contribution in [2.45, 2.75) is 0 Å². The van der Waals surface area contributed by atoms with Crippen molar-refractivity contribution >= 4 is 56.8 Å². The predicted molar refractivity (Wildman–Crippen MR) is 40.1 cm³/mol. The topological polar surface area (TPSA) is 74.6 Å². The minimum Gasteiger partial charge on any atom is -1.00 e.